The van der Waals surface area contributed by atoms with Gasteiger partial charge in [0, 0.05) is 23.4 Å². The van der Waals surface area contributed by atoms with Gasteiger partial charge in [-0.3, -0.25) is 9.59 Å². The van der Waals surface area contributed by atoms with Crippen LogP contribution in [0.4, 0.5) is 4.39 Å². The molecule has 1 heterocycles. The van der Waals surface area contributed by atoms with Crippen LogP contribution in [0.1, 0.15) is 81.0 Å². The molecule has 33 heavy (non-hydrogen) atoms. The first-order valence-electron chi connectivity index (χ1n) is 13.4. The van der Waals surface area contributed by atoms with E-state index in [0.717, 1.165) is 63.6 Å². The van der Waals surface area contributed by atoms with Crippen LogP contribution in [-0.4, -0.2) is 42.3 Å². The number of likely N-dealkylation sites (tertiary alicyclic amines) is 1. The van der Waals surface area contributed by atoms with E-state index in [1.165, 1.54) is 50.7 Å². The van der Waals surface area contributed by atoms with Crippen molar-refractivity contribution >= 4 is 11.7 Å². The van der Waals surface area contributed by atoms with E-state index in [9.17, 15) is 14.0 Å². The predicted octanol–water partition coefficient (Wildman–Crippen LogP) is 5.22. The molecule has 1 amide bonds. The third-order valence-corrected chi connectivity index (χ3v) is 9.21. The van der Waals surface area contributed by atoms with Crippen LogP contribution in [0.2, 0.25) is 0 Å². The topological polar surface area (TPSA) is 49.4 Å². The highest BCUT2D eigenvalue weighted by molar-refractivity contribution is 5.97. The van der Waals surface area contributed by atoms with Crippen molar-refractivity contribution in [1.82, 2.24) is 10.2 Å². The lowest BCUT2D eigenvalue weighted by atomic mass is 9.82. The molecule has 4 nitrogen and oxygen atoms in total. The van der Waals surface area contributed by atoms with Crippen LogP contribution in [0.3, 0.4) is 0 Å². The first kappa shape index (κ1) is 23.0. The molecule has 0 aromatic heterocycles. The molecule has 1 N–H and O–H groups in total. The van der Waals surface area contributed by atoms with Gasteiger partial charge < -0.3 is 10.2 Å². The van der Waals surface area contributed by atoms with Crippen molar-refractivity contribution in [2.45, 2.75) is 76.7 Å². The van der Waals surface area contributed by atoms with Gasteiger partial charge >= 0.3 is 0 Å². The number of ketones is 1. The second-order valence-electron chi connectivity index (χ2n) is 11.3. The first-order valence-corrected chi connectivity index (χ1v) is 13.4. The summed E-state index contributed by atoms with van der Waals surface area (Å²) in [5, 5.41) is 3.40. The van der Waals surface area contributed by atoms with Gasteiger partial charge in [-0.1, -0.05) is 6.42 Å². The van der Waals surface area contributed by atoms with Crippen LogP contribution in [0.25, 0.3) is 0 Å². The maximum atomic E-state index is 13.1. The number of hydrogen-bond donors (Lipinski definition) is 1. The van der Waals surface area contributed by atoms with Gasteiger partial charge in [0.25, 0.3) is 0 Å². The van der Waals surface area contributed by atoms with E-state index in [4.69, 9.17) is 0 Å². The van der Waals surface area contributed by atoms with Crippen molar-refractivity contribution in [2.75, 3.05) is 19.6 Å². The monoisotopic (exact) mass is 454 g/mol. The van der Waals surface area contributed by atoms with Crippen molar-refractivity contribution in [3.63, 3.8) is 0 Å². The number of hydrogen-bond acceptors (Lipinski definition) is 3. The van der Waals surface area contributed by atoms with Gasteiger partial charge in [0.05, 0.1) is 0 Å². The van der Waals surface area contributed by atoms with Crippen molar-refractivity contribution in [2.24, 2.45) is 29.6 Å². The second kappa shape index (κ2) is 10.2. The average Bonchev–Trinajstić information content (AvgIpc) is 3.48. The van der Waals surface area contributed by atoms with E-state index < -0.39 is 0 Å². The van der Waals surface area contributed by atoms with Gasteiger partial charge in [-0.15, -0.1) is 0 Å². The highest BCUT2D eigenvalue weighted by Crippen LogP contribution is 2.48. The first-order chi connectivity index (χ1) is 16.0. The predicted molar refractivity (Wildman–Crippen MR) is 127 cm³/mol. The Morgan fingerprint density at radius 1 is 0.909 bits per heavy atom. The quantitative estimate of drug-likeness (QED) is 0.575. The molecule has 3 atom stereocenters. The summed E-state index contributed by atoms with van der Waals surface area (Å²) in [6, 6.07) is 6.37. The van der Waals surface area contributed by atoms with Gasteiger partial charge in [-0.05, 0) is 126 Å². The fraction of sp³-hybridized carbons (Fsp3) is 0.714. The van der Waals surface area contributed by atoms with Gasteiger partial charge in [-0.25, -0.2) is 4.39 Å². The summed E-state index contributed by atoms with van der Waals surface area (Å²) >= 11 is 0. The summed E-state index contributed by atoms with van der Waals surface area (Å²) in [4.78, 5) is 27.9. The number of rotatable bonds is 7. The summed E-state index contributed by atoms with van der Waals surface area (Å²) in [7, 11) is 0. The Hall–Kier alpha value is -1.75. The van der Waals surface area contributed by atoms with Crippen LogP contribution in [-0.2, 0) is 4.79 Å². The Morgan fingerprint density at radius 3 is 2.27 bits per heavy atom. The van der Waals surface area contributed by atoms with Crippen molar-refractivity contribution in [3.8, 4) is 0 Å². The van der Waals surface area contributed by atoms with E-state index in [1.807, 2.05) is 0 Å². The number of amides is 1. The fourth-order valence-corrected chi connectivity index (χ4v) is 7.10. The Balaban J connectivity index is 0.980. The molecular weight excluding hydrogens is 415 g/mol. The summed E-state index contributed by atoms with van der Waals surface area (Å²) in [5.41, 5.74) is 0.638. The normalized spacial score (nSPS) is 32.7. The molecule has 5 rings (SSSR count). The van der Waals surface area contributed by atoms with E-state index in [0.29, 0.717) is 29.3 Å². The Labute approximate surface area is 197 Å². The molecule has 0 spiro atoms. The number of fused-ring (bicyclic) bond motifs is 2. The minimum atomic E-state index is -0.293. The SMILES string of the molecule is O=C(c1ccc(F)cc1)C1CCN(CCC2CCC(NC(=O)C3C[C@@H]4CC[C@H]3C4)CC2)CC1. The van der Waals surface area contributed by atoms with Crippen molar-refractivity contribution in [1.29, 1.82) is 0 Å². The summed E-state index contributed by atoms with van der Waals surface area (Å²) in [6.45, 7) is 3.07. The van der Waals surface area contributed by atoms with Gasteiger partial charge in [0.15, 0.2) is 5.78 Å². The third-order valence-electron chi connectivity index (χ3n) is 9.21. The van der Waals surface area contributed by atoms with Crippen LogP contribution >= 0.6 is 0 Å². The average molecular weight is 455 g/mol. The number of Topliss-reactive ketones (excluding diaryl/α,β-unsaturated/α-hetero) is 1. The molecule has 1 aromatic carbocycles. The van der Waals surface area contributed by atoms with Crippen molar-refractivity contribution < 1.29 is 14.0 Å². The smallest absolute Gasteiger partial charge is 0.223 e. The number of carbonyl (C=O) groups excluding carboxylic acids is 2. The number of benzene rings is 1. The molecule has 1 aromatic rings. The van der Waals surface area contributed by atoms with Crippen LogP contribution in [0, 0.1) is 35.4 Å². The standard InChI is InChI=1S/C28H39FN2O2/c29-24-7-5-21(6-8-24)27(32)22-12-15-31(16-13-22)14-11-19-2-9-25(10-3-19)30-28(33)26-18-20-1-4-23(26)17-20/h5-8,19-20,22-23,25-26H,1-4,9-18H2,(H,30,33)/t19?,20-,23+,25?,26?/m1/s1. The summed E-state index contributed by atoms with van der Waals surface area (Å²) in [6.07, 6.45) is 12.8. The van der Waals surface area contributed by atoms with Gasteiger partial charge in [-0.2, -0.15) is 0 Å². The van der Waals surface area contributed by atoms with E-state index in [-0.39, 0.29) is 17.5 Å². The molecule has 1 aliphatic heterocycles. The lowest BCUT2D eigenvalue weighted by molar-refractivity contribution is -0.127. The number of halogens is 1. The summed E-state index contributed by atoms with van der Waals surface area (Å²) < 4.78 is 13.1. The zero-order valence-corrected chi connectivity index (χ0v) is 19.8. The van der Waals surface area contributed by atoms with Crippen molar-refractivity contribution in [3.05, 3.63) is 35.6 Å². The van der Waals surface area contributed by atoms with Crippen LogP contribution in [0.5, 0.6) is 0 Å². The maximum absolute atomic E-state index is 13.1. The minimum Gasteiger partial charge on any atom is -0.353 e. The van der Waals surface area contributed by atoms with E-state index in [1.54, 1.807) is 12.1 Å². The second-order valence-corrected chi connectivity index (χ2v) is 11.3. The molecule has 1 saturated heterocycles. The molecule has 4 aliphatic rings. The largest absolute Gasteiger partial charge is 0.353 e. The third kappa shape index (κ3) is 5.50. The lowest BCUT2D eigenvalue weighted by Gasteiger charge is -2.34. The number of nitrogens with zero attached hydrogens (tertiary/aromatic N) is 1. The molecule has 2 bridgehead atoms. The molecule has 3 saturated carbocycles. The lowest BCUT2D eigenvalue weighted by Crippen LogP contribution is -2.42. The Kier molecular flexibility index (Phi) is 7.15. The number of piperidine rings is 1. The minimum absolute atomic E-state index is 0.0702. The maximum Gasteiger partial charge on any atom is 0.223 e. The Bertz CT molecular complexity index is 825. The fourth-order valence-electron chi connectivity index (χ4n) is 7.10. The van der Waals surface area contributed by atoms with Crippen LogP contribution < -0.4 is 5.32 Å². The highest BCUT2D eigenvalue weighted by Gasteiger charge is 2.43. The molecule has 180 valence electrons. The van der Waals surface area contributed by atoms with Crippen LogP contribution in [0.15, 0.2) is 24.3 Å². The number of nitrogens with one attached hydrogen (secondary N) is 1. The van der Waals surface area contributed by atoms with E-state index in [2.05, 4.69) is 10.2 Å². The Morgan fingerprint density at radius 2 is 1.64 bits per heavy atom. The molecule has 1 unspecified atom stereocenters. The molecule has 5 heteroatoms. The zero-order chi connectivity index (χ0) is 22.8. The molecule has 4 fully saturated rings. The highest BCUT2D eigenvalue weighted by atomic mass is 19.1. The molecular formula is C28H39FN2O2. The molecule has 0 radical (unpaired) electrons. The van der Waals surface area contributed by atoms with E-state index >= 15 is 0 Å². The zero-order valence-electron chi connectivity index (χ0n) is 19.8. The van der Waals surface area contributed by atoms with Gasteiger partial charge in [0.1, 0.15) is 5.82 Å². The summed E-state index contributed by atoms with van der Waals surface area (Å²) in [5.74, 6) is 2.86. The molecule has 3 aliphatic carbocycles. The van der Waals surface area contributed by atoms with Gasteiger partial charge in [0.2, 0.25) is 5.91 Å². The number of carbonyl (C=O) groups is 2.